The highest BCUT2D eigenvalue weighted by molar-refractivity contribution is 6.00. The first kappa shape index (κ1) is 13.3. The summed E-state index contributed by atoms with van der Waals surface area (Å²) in [6, 6.07) is 8.44. The molecule has 106 valence electrons. The lowest BCUT2D eigenvalue weighted by Crippen LogP contribution is -2.52. The smallest absolute Gasteiger partial charge is 0.246 e. The van der Waals surface area contributed by atoms with Gasteiger partial charge in [0.25, 0.3) is 0 Å². The van der Waals surface area contributed by atoms with Crippen molar-refractivity contribution in [1.82, 2.24) is 10.2 Å². The molecule has 1 fully saturated rings. The van der Waals surface area contributed by atoms with Crippen LogP contribution in [-0.4, -0.2) is 29.8 Å². The minimum Gasteiger partial charge on any atom is -0.299 e. The number of aryl methyl sites for hydroxylation is 1. The molecule has 0 saturated carbocycles. The van der Waals surface area contributed by atoms with Crippen LogP contribution in [0.4, 0.5) is 0 Å². The molecule has 2 atom stereocenters. The van der Waals surface area contributed by atoms with Crippen molar-refractivity contribution >= 4 is 11.8 Å². The number of fused-ring (bicyclic) bond motifs is 1. The summed E-state index contributed by atoms with van der Waals surface area (Å²) < 4.78 is 0. The lowest BCUT2D eigenvalue weighted by Gasteiger charge is -2.34. The average molecular weight is 272 g/mol. The number of piperidine rings is 1. The SMILES string of the molecule is CN1C(=O)CCC(NC2CCCc3ccccc32)C1=O. The Kier molecular flexibility index (Phi) is 3.57. The molecule has 2 aliphatic rings. The van der Waals surface area contributed by atoms with Crippen molar-refractivity contribution in [2.75, 3.05) is 7.05 Å². The highest BCUT2D eigenvalue weighted by Gasteiger charge is 2.33. The molecule has 4 nitrogen and oxygen atoms in total. The van der Waals surface area contributed by atoms with E-state index >= 15 is 0 Å². The summed E-state index contributed by atoms with van der Waals surface area (Å²) in [5.74, 6) is -0.165. The van der Waals surface area contributed by atoms with Gasteiger partial charge in [-0.25, -0.2) is 0 Å². The second-order valence-corrected chi connectivity index (χ2v) is 5.69. The van der Waals surface area contributed by atoms with Crippen LogP contribution in [0.2, 0.25) is 0 Å². The number of likely N-dealkylation sites (tertiary alicyclic amines) is 1. The third-order valence-corrected chi connectivity index (χ3v) is 4.42. The Morgan fingerprint density at radius 1 is 1.10 bits per heavy atom. The van der Waals surface area contributed by atoms with Crippen molar-refractivity contribution in [3.05, 3.63) is 35.4 Å². The van der Waals surface area contributed by atoms with Crippen LogP contribution in [0, 0.1) is 0 Å². The van der Waals surface area contributed by atoms with Crippen molar-refractivity contribution in [3.8, 4) is 0 Å². The van der Waals surface area contributed by atoms with Crippen LogP contribution in [0.15, 0.2) is 24.3 Å². The second-order valence-electron chi connectivity index (χ2n) is 5.69. The molecule has 0 spiro atoms. The quantitative estimate of drug-likeness (QED) is 0.835. The number of likely N-dealkylation sites (N-methyl/N-ethyl adjacent to an activating group) is 1. The topological polar surface area (TPSA) is 49.4 Å². The Bertz CT molecular complexity index is 541. The van der Waals surface area contributed by atoms with Gasteiger partial charge < -0.3 is 0 Å². The zero-order chi connectivity index (χ0) is 14.1. The van der Waals surface area contributed by atoms with Gasteiger partial charge in [0.15, 0.2) is 0 Å². The summed E-state index contributed by atoms with van der Waals surface area (Å²) in [5.41, 5.74) is 2.69. The van der Waals surface area contributed by atoms with Crippen molar-refractivity contribution in [2.24, 2.45) is 0 Å². The van der Waals surface area contributed by atoms with Crippen LogP contribution in [0.1, 0.15) is 42.9 Å². The van der Waals surface area contributed by atoms with E-state index in [4.69, 9.17) is 0 Å². The van der Waals surface area contributed by atoms with Gasteiger partial charge in [0, 0.05) is 19.5 Å². The average Bonchev–Trinajstić information content (AvgIpc) is 2.48. The van der Waals surface area contributed by atoms with Gasteiger partial charge in [-0.05, 0) is 36.8 Å². The maximum absolute atomic E-state index is 12.2. The van der Waals surface area contributed by atoms with Crippen LogP contribution < -0.4 is 5.32 Å². The summed E-state index contributed by atoms with van der Waals surface area (Å²) in [6.45, 7) is 0. The van der Waals surface area contributed by atoms with Crippen LogP contribution in [0.25, 0.3) is 0 Å². The predicted octanol–water partition coefficient (Wildman–Crippen LogP) is 1.80. The van der Waals surface area contributed by atoms with E-state index in [1.807, 2.05) is 0 Å². The van der Waals surface area contributed by atoms with Crippen LogP contribution in [0.3, 0.4) is 0 Å². The Hall–Kier alpha value is -1.68. The first-order valence-corrected chi connectivity index (χ1v) is 7.31. The molecule has 1 saturated heterocycles. The normalized spacial score (nSPS) is 26.6. The zero-order valence-corrected chi connectivity index (χ0v) is 11.8. The minimum atomic E-state index is -0.228. The third kappa shape index (κ3) is 2.36. The number of carbonyl (C=O) groups is 2. The first-order valence-electron chi connectivity index (χ1n) is 7.31. The number of rotatable bonds is 2. The Morgan fingerprint density at radius 3 is 2.75 bits per heavy atom. The summed E-state index contributed by atoms with van der Waals surface area (Å²) >= 11 is 0. The largest absolute Gasteiger partial charge is 0.299 e. The standard InChI is InChI=1S/C16H20N2O2/c1-18-15(19)10-9-14(16(18)20)17-13-8-4-6-11-5-2-3-7-12(11)13/h2-3,5,7,13-14,17H,4,6,8-10H2,1H3. The maximum Gasteiger partial charge on any atom is 0.246 e. The van der Waals surface area contributed by atoms with Gasteiger partial charge in [-0.3, -0.25) is 19.8 Å². The van der Waals surface area contributed by atoms with Gasteiger partial charge in [-0.2, -0.15) is 0 Å². The summed E-state index contributed by atoms with van der Waals surface area (Å²) in [5, 5.41) is 3.47. The number of amides is 2. The van der Waals surface area contributed by atoms with E-state index in [1.165, 1.54) is 16.0 Å². The van der Waals surface area contributed by atoms with E-state index < -0.39 is 0 Å². The number of hydrogen-bond donors (Lipinski definition) is 1. The third-order valence-electron chi connectivity index (χ3n) is 4.42. The Morgan fingerprint density at radius 2 is 1.90 bits per heavy atom. The molecule has 2 unspecified atom stereocenters. The number of hydrogen-bond acceptors (Lipinski definition) is 3. The second kappa shape index (κ2) is 5.37. The van der Waals surface area contributed by atoms with Gasteiger partial charge in [-0.1, -0.05) is 24.3 Å². The van der Waals surface area contributed by atoms with E-state index in [0.717, 1.165) is 19.3 Å². The van der Waals surface area contributed by atoms with Gasteiger partial charge in [0.1, 0.15) is 0 Å². The zero-order valence-electron chi connectivity index (χ0n) is 11.8. The van der Waals surface area contributed by atoms with Crippen LogP contribution >= 0.6 is 0 Å². The van der Waals surface area contributed by atoms with Crippen molar-refractivity contribution < 1.29 is 9.59 Å². The van der Waals surface area contributed by atoms with Crippen molar-refractivity contribution in [2.45, 2.75) is 44.2 Å². The number of benzene rings is 1. The van der Waals surface area contributed by atoms with E-state index in [2.05, 4.69) is 29.6 Å². The Balaban J connectivity index is 1.76. The fraction of sp³-hybridized carbons (Fsp3) is 0.500. The number of nitrogens with one attached hydrogen (secondary N) is 1. The molecule has 20 heavy (non-hydrogen) atoms. The molecule has 0 radical (unpaired) electrons. The molecular weight excluding hydrogens is 252 g/mol. The molecule has 1 heterocycles. The monoisotopic (exact) mass is 272 g/mol. The van der Waals surface area contributed by atoms with E-state index in [9.17, 15) is 9.59 Å². The minimum absolute atomic E-state index is 0.0721. The molecule has 1 N–H and O–H groups in total. The van der Waals surface area contributed by atoms with Crippen LogP contribution in [0.5, 0.6) is 0 Å². The summed E-state index contributed by atoms with van der Waals surface area (Å²) in [7, 11) is 1.58. The van der Waals surface area contributed by atoms with E-state index in [-0.39, 0.29) is 23.9 Å². The number of nitrogens with zero attached hydrogens (tertiary/aromatic N) is 1. The number of imide groups is 1. The predicted molar refractivity (Wildman–Crippen MR) is 76.1 cm³/mol. The van der Waals surface area contributed by atoms with Gasteiger partial charge in [0.2, 0.25) is 11.8 Å². The molecule has 1 aromatic carbocycles. The Labute approximate surface area is 119 Å². The maximum atomic E-state index is 12.2. The fourth-order valence-electron chi connectivity index (χ4n) is 3.24. The van der Waals surface area contributed by atoms with Gasteiger partial charge >= 0.3 is 0 Å². The van der Waals surface area contributed by atoms with Gasteiger partial charge in [-0.15, -0.1) is 0 Å². The molecule has 2 amide bonds. The molecule has 0 aromatic heterocycles. The highest BCUT2D eigenvalue weighted by Crippen LogP contribution is 2.30. The molecule has 1 aliphatic carbocycles. The molecule has 4 heteroatoms. The first-order chi connectivity index (χ1) is 9.66. The van der Waals surface area contributed by atoms with E-state index in [0.29, 0.717) is 12.8 Å². The number of carbonyl (C=O) groups excluding carboxylic acids is 2. The van der Waals surface area contributed by atoms with Gasteiger partial charge in [0.05, 0.1) is 6.04 Å². The van der Waals surface area contributed by atoms with Crippen molar-refractivity contribution in [1.29, 1.82) is 0 Å². The summed E-state index contributed by atoms with van der Waals surface area (Å²) in [4.78, 5) is 24.9. The fourth-order valence-corrected chi connectivity index (χ4v) is 3.24. The molecular formula is C16H20N2O2. The molecule has 3 rings (SSSR count). The molecule has 1 aromatic rings. The summed E-state index contributed by atoms with van der Waals surface area (Å²) in [6.07, 6.45) is 4.38. The highest BCUT2D eigenvalue weighted by atomic mass is 16.2. The van der Waals surface area contributed by atoms with E-state index in [1.54, 1.807) is 7.05 Å². The lowest BCUT2D eigenvalue weighted by atomic mass is 9.87. The molecule has 0 bridgehead atoms. The lowest BCUT2D eigenvalue weighted by molar-refractivity contribution is -0.148. The molecule has 1 aliphatic heterocycles. The van der Waals surface area contributed by atoms with Crippen molar-refractivity contribution in [3.63, 3.8) is 0 Å². The van der Waals surface area contributed by atoms with Crippen LogP contribution in [-0.2, 0) is 16.0 Å².